The maximum atomic E-state index is 13.5. The minimum absolute atomic E-state index is 0.0800. The first-order valence-electron chi connectivity index (χ1n) is 14.8. The van der Waals surface area contributed by atoms with Crippen LogP contribution in [0.2, 0.25) is 0 Å². The second-order valence-corrected chi connectivity index (χ2v) is 12.7. The fraction of sp³-hybridized carbons (Fsp3) is 0.588. The summed E-state index contributed by atoms with van der Waals surface area (Å²) < 4.78 is 31.2. The molecule has 0 spiro atoms. The molecule has 222 valence electrons. The Morgan fingerprint density at radius 2 is 1.90 bits per heavy atom. The fourth-order valence-electron chi connectivity index (χ4n) is 7.91. The lowest BCUT2D eigenvalue weighted by molar-refractivity contribution is -0.183. The Bertz CT molecular complexity index is 1230. The minimum atomic E-state index is -0.490. The van der Waals surface area contributed by atoms with Crippen LogP contribution in [0.5, 0.6) is 0 Å². The maximum absolute atomic E-state index is 13.5. The zero-order valence-electron chi connectivity index (χ0n) is 25.2. The van der Waals surface area contributed by atoms with Gasteiger partial charge in [-0.25, -0.2) is 4.79 Å². The summed E-state index contributed by atoms with van der Waals surface area (Å²) in [4.78, 5) is 26.5. The normalized spacial score (nSPS) is 36.5. The summed E-state index contributed by atoms with van der Waals surface area (Å²) in [5.41, 5.74) is 2.67. The van der Waals surface area contributed by atoms with E-state index in [9.17, 15) is 9.59 Å². The molecule has 0 amide bonds. The maximum Gasteiger partial charge on any atom is 0.331 e. The second-order valence-electron chi connectivity index (χ2n) is 12.7. The Morgan fingerprint density at radius 3 is 2.59 bits per heavy atom. The molecule has 7 heteroatoms. The predicted octanol–water partition coefficient (Wildman–Crippen LogP) is 6.04. The van der Waals surface area contributed by atoms with Gasteiger partial charge in [-0.3, -0.25) is 4.79 Å². The molecule has 3 fully saturated rings. The number of methoxy groups -OCH3 is 1. The molecule has 7 nitrogen and oxygen atoms in total. The van der Waals surface area contributed by atoms with Gasteiger partial charge in [0.1, 0.15) is 19.0 Å². The van der Waals surface area contributed by atoms with Gasteiger partial charge in [0.05, 0.1) is 12.2 Å². The summed E-state index contributed by atoms with van der Waals surface area (Å²) in [6.45, 7) is 15.2. The van der Waals surface area contributed by atoms with Gasteiger partial charge in [0.25, 0.3) is 0 Å². The lowest BCUT2D eigenvalue weighted by Gasteiger charge is -2.58. The largest absolute Gasteiger partial charge is 0.455 e. The number of hydrogen-bond donors (Lipinski definition) is 0. The Kier molecular flexibility index (Phi) is 8.46. The van der Waals surface area contributed by atoms with Crippen molar-refractivity contribution in [3.63, 3.8) is 0 Å². The number of benzene rings is 1. The van der Waals surface area contributed by atoms with Crippen LogP contribution in [0, 0.1) is 22.7 Å². The van der Waals surface area contributed by atoms with Crippen LogP contribution in [0.3, 0.4) is 0 Å². The van der Waals surface area contributed by atoms with E-state index in [-0.39, 0.29) is 42.9 Å². The molecule has 1 unspecified atom stereocenters. The van der Waals surface area contributed by atoms with Gasteiger partial charge in [0, 0.05) is 36.9 Å². The molecule has 1 saturated heterocycles. The Labute approximate surface area is 243 Å². The van der Waals surface area contributed by atoms with E-state index in [0.29, 0.717) is 19.3 Å². The van der Waals surface area contributed by atoms with Crippen molar-refractivity contribution in [3.8, 4) is 0 Å². The zero-order valence-corrected chi connectivity index (χ0v) is 25.2. The summed E-state index contributed by atoms with van der Waals surface area (Å²) in [5.74, 6) is -0.715. The molecule has 0 aromatic heterocycles. The predicted molar refractivity (Wildman–Crippen MR) is 155 cm³/mol. The van der Waals surface area contributed by atoms with Crippen LogP contribution in [0.1, 0.15) is 65.9 Å². The quantitative estimate of drug-likeness (QED) is 0.173. The number of allylic oxidation sites excluding steroid dienone is 1. The fourth-order valence-corrected chi connectivity index (χ4v) is 7.91. The SMILES string of the molecule is C=C1[C@@H](OC(=O)/C=C/c2ccccc2)CC[C@@]2(C)[C@H]3OC(CC)O[C@@H]3C3=C(C)C(=O)C[C@H]([C@@H](OCOC)[C@H]12)C3(C)C. The van der Waals surface area contributed by atoms with Gasteiger partial charge in [-0.2, -0.15) is 0 Å². The Balaban J connectivity index is 1.54. The molecule has 0 radical (unpaired) electrons. The van der Waals surface area contributed by atoms with Gasteiger partial charge in [0.15, 0.2) is 12.1 Å². The monoisotopic (exact) mass is 564 g/mol. The van der Waals surface area contributed by atoms with E-state index in [1.807, 2.05) is 44.2 Å². The van der Waals surface area contributed by atoms with Crippen molar-refractivity contribution in [3.05, 3.63) is 65.3 Å². The molecular formula is C34H44O7. The molecule has 41 heavy (non-hydrogen) atoms. The van der Waals surface area contributed by atoms with Crippen LogP contribution < -0.4 is 0 Å². The van der Waals surface area contributed by atoms with E-state index < -0.39 is 29.0 Å². The molecule has 4 aliphatic rings. The summed E-state index contributed by atoms with van der Waals surface area (Å²) in [7, 11) is 1.60. The number of rotatable bonds is 7. The van der Waals surface area contributed by atoms with E-state index in [1.54, 1.807) is 13.2 Å². The molecule has 1 aromatic carbocycles. The minimum Gasteiger partial charge on any atom is -0.455 e. The highest BCUT2D eigenvalue weighted by atomic mass is 16.7. The van der Waals surface area contributed by atoms with Crippen LogP contribution in [0.15, 0.2) is 59.7 Å². The van der Waals surface area contributed by atoms with Crippen molar-refractivity contribution < 1.29 is 33.3 Å². The van der Waals surface area contributed by atoms with Gasteiger partial charge >= 0.3 is 5.97 Å². The third-order valence-corrected chi connectivity index (χ3v) is 10.0. The Hall–Kier alpha value is -2.58. The first kappa shape index (κ1) is 29.9. The van der Waals surface area contributed by atoms with Gasteiger partial charge in [0.2, 0.25) is 0 Å². The van der Waals surface area contributed by atoms with Gasteiger partial charge < -0.3 is 23.7 Å². The first-order chi connectivity index (χ1) is 19.5. The van der Waals surface area contributed by atoms with Gasteiger partial charge in [-0.05, 0) is 60.0 Å². The molecule has 3 aliphatic carbocycles. The standard InChI is InChI=1S/C34H44O7/c1-8-27-40-31-28-20(2)24(35)18-23(33(28,4)5)30(38-19-37-7)29-21(3)25(16-17-34(29,6)32(31)41-27)39-26(36)15-14-22-12-10-9-11-13-22/h9-15,23,25,27,29-32H,3,8,16-19H2,1-2,4-7H3/b15-14+/t23-,25+,27?,29+,30-,31-,32+,34-/m1/s1. The molecule has 8 atom stereocenters. The van der Waals surface area contributed by atoms with Gasteiger partial charge in [-0.15, -0.1) is 0 Å². The summed E-state index contributed by atoms with van der Waals surface area (Å²) in [5, 5.41) is 0. The van der Waals surface area contributed by atoms with Crippen LogP contribution in [-0.2, 0) is 33.3 Å². The average Bonchev–Trinajstić information content (AvgIpc) is 3.38. The van der Waals surface area contributed by atoms with Crippen LogP contribution in [0.4, 0.5) is 0 Å². The number of hydrogen-bond acceptors (Lipinski definition) is 7. The molecule has 5 rings (SSSR count). The number of ketones is 1. The highest BCUT2D eigenvalue weighted by Gasteiger charge is 2.64. The average molecular weight is 565 g/mol. The van der Waals surface area contributed by atoms with Gasteiger partial charge in [-0.1, -0.05) is 64.6 Å². The number of carbonyl (C=O) groups excluding carboxylic acids is 2. The highest BCUT2D eigenvalue weighted by molar-refractivity contribution is 5.97. The van der Waals surface area contributed by atoms with E-state index >= 15 is 0 Å². The van der Waals surface area contributed by atoms with Crippen LogP contribution >= 0.6 is 0 Å². The smallest absolute Gasteiger partial charge is 0.331 e. The number of esters is 1. The number of fused-ring (bicyclic) bond motifs is 6. The first-order valence-corrected chi connectivity index (χ1v) is 14.8. The molecule has 2 saturated carbocycles. The van der Waals surface area contributed by atoms with Crippen LogP contribution in [-0.4, -0.2) is 56.4 Å². The van der Waals surface area contributed by atoms with Crippen molar-refractivity contribution in [2.75, 3.05) is 13.9 Å². The number of ether oxygens (including phenoxy) is 5. The summed E-state index contributed by atoms with van der Waals surface area (Å²) in [6, 6.07) is 9.65. The van der Waals surface area contributed by atoms with Crippen molar-refractivity contribution in [2.24, 2.45) is 22.7 Å². The number of carbonyl (C=O) groups is 2. The van der Waals surface area contributed by atoms with Crippen molar-refractivity contribution in [2.45, 2.75) is 91.0 Å². The molecular weight excluding hydrogens is 520 g/mol. The van der Waals surface area contributed by atoms with Crippen molar-refractivity contribution >= 4 is 17.8 Å². The van der Waals surface area contributed by atoms with E-state index in [2.05, 4.69) is 27.4 Å². The van der Waals surface area contributed by atoms with E-state index in [0.717, 1.165) is 28.7 Å². The third kappa shape index (κ3) is 5.27. The second kappa shape index (κ2) is 11.6. The topological polar surface area (TPSA) is 80.3 Å². The zero-order chi connectivity index (χ0) is 29.5. The molecule has 2 bridgehead atoms. The summed E-state index contributed by atoms with van der Waals surface area (Å²) in [6.07, 6.45) is 3.70. The Morgan fingerprint density at radius 1 is 1.17 bits per heavy atom. The van der Waals surface area contributed by atoms with E-state index in [1.165, 1.54) is 6.08 Å². The van der Waals surface area contributed by atoms with Crippen molar-refractivity contribution in [1.29, 1.82) is 0 Å². The third-order valence-electron chi connectivity index (χ3n) is 10.0. The molecule has 1 aromatic rings. The lowest BCUT2D eigenvalue weighted by atomic mass is 9.49. The van der Waals surface area contributed by atoms with E-state index in [4.69, 9.17) is 23.7 Å². The lowest BCUT2D eigenvalue weighted by Crippen LogP contribution is -2.62. The molecule has 1 aliphatic heterocycles. The van der Waals surface area contributed by atoms with Crippen molar-refractivity contribution in [1.82, 2.24) is 0 Å². The summed E-state index contributed by atoms with van der Waals surface area (Å²) >= 11 is 0. The highest BCUT2D eigenvalue weighted by Crippen LogP contribution is 2.61. The number of Topliss-reactive ketones (excluding diaryl/α,β-unsaturated/α-hetero) is 1. The molecule has 1 heterocycles. The molecule has 0 N–H and O–H groups in total. The van der Waals surface area contributed by atoms with Crippen LogP contribution in [0.25, 0.3) is 6.08 Å².